The Morgan fingerprint density at radius 1 is 1.26 bits per heavy atom. The number of carbonyl (C=O) groups is 2. The van der Waals surface area contributed by atoms with Gasteiger partial charge in [0.15, 0.2) is 0 Å². The van der Waals surface area contributed by atoms with E-state index in [9.17, 15) is 14.7 Å². The summed E-state index contributed by atoms with van der Waals surface area (Å²) in [5, 5.41) is 9.20. The summed E-state index contributed by atoms with van der Waals surface area (Å²) in [6, 6.07) is 7.66. The lowest BCUT2D eigenvalue weighted by molar-refractivity contribution is -0.157. The van der Waals surface area contributed by atoms with Gasteiger partial charge in [0.1, 0.15) is 5.76 Å². The average molecular weight is 333 g/mol. The summed E-state index contributed by atoms with van der Waals surface area (Å²) in [5.41, 5.74) is 0. The van der Waals surface area contributed by atoms with Crippen LogP contribution in [0.4, 0.5) is 0 Å². The molecule has 1 saturated carbocycles. The molecule has 0 bridgehead atoms. The first kappa shape index (κ1) is 15.8. The van der Waals surface area contributed by atoms with Crippen LogP contribution >= 0.6 is 11.3 Å². The Morgan fingerprint density at radius 3 is 2.57 bits per heavy atom. The van der Waals surface area contributed by atoms with E-state index in [2.05, 4.69) is 0 Å². The highest BCUT2D eigenvalue weighted by Gasteiger charge is 2.43. The Bertz CT molecular complexity index is 691. The van der Waals surface area contributed by atoms with Gasteiger partial charge in [-0.3, -0.25) is 9.59 Å². The summed E-state index contributed by atoms with van der Waals surface area (Å²) in [5.74, 6) is -1.22. The summed E-state index contributed by atoms with van der Waals surface area (Å²) in [4.78, 5) is 28.0. The van der Waals surface area contributed by atoms with Crippen molar-refractivity contribution in [2.75, 3.05) is 0 Å². The number of hydrogen-bond acceptors (Lipinski definition) is 4. The summed E-state index contributed by atoms with van der Waals surface area (Å²) < 4.78 is 5.36. The van der Waals surface area contributed by atoms with Crippen molar-refractivity contribution in [3.63, 3.8) is 0 Å². The van der Waals surface area contributed by atoms with E-state index in [0.29, 0.717) is 31.7 Å². The molecule has 1 aliphatic carbocycles. The van der Waals surface area contributed by atoms with Crippen molar-refractivity contribution in [2.45, 2.75) is 32.9 Å². The molecule has 1 aliphatic rings. The number of aryl methyl sites for hydroxylation is 1. The van der Waals surface area contributed by atoms with E-state index in [-0.39, 0.29) is 5.91 Å². The Morgan fingerprint density at radius 2 is 2.04 bits per heavy atom. The lowest BCUT2D eigenvalue weighted by Gasteiger charge is -2.36. The van der Waals surface area contributed by atoms with E-state index in [1.54, 1.807) is 28.6 Å². The number of thiophene rings is 1. The highest BCUT2D eigenvalue weighted by atomic mass is 32.1. The maximum atomic E-state index is 12.8. The summed E-state index contributed by atoms with van der Waals surface area (Å²) in [7, 11) is 0. The molecule has 6 heteroatoms. The van der Waals surface area contributed by atoms with Crippen molar-refractivity contribution in [1.82, 2.24) is 4.90 Å². The van der Waals surface area contributed by atoms with Crippen LogP contribution in [0.15, 0.2) is 34.9 Å². The smallest absolute Gasteiger partial charge is 0.307 e. The number of carboxylic acids is 1. The van der Waals surface area contributed by atoms with Crippen LogP contribution in [-0.2, 0) is 22.7 Å². The number of aliphatic carboxylic acids is 1. The second kappa shape index (κ2) is 6.58. The van der Waals surface area contributed by atoms with E-state index in [1.165, 1.54) is 4.88 Å². The first-order valence-corrected chi connectivity index (χ1v) is 8.45. The lowest BCUT2D eigenvalue weighted by atomic mass is 9.73. The molecule has 0 radical (unpaired) electrons. The minimum Gasteiger partial charge on any atom is -0.481 e. The molecule has 2 aromatic rings. The minimum atomic E-state index is -0.875. The van der Waals surface area contributed by atoms with E-state index in [0.717, 1.165) is 4.88 Å². The van der Waals surface area contributed by atoms with Crippen LogP contribution in [0.1, 0.15) is 28.4 Å². The van der Waals surface area contributed by atoms with Gasteiger partial charge in [-0.25, -0.2) is 0 Å². The van der Waals surface area contributed by atoms with Gasteiger partial charge in [-0.05, 0) is 44.0 Å². The van der Waals surface area contributed by atoms with Crippen molar-refractivity contribution >= 4 is 23.2 Å². The molecule has 23 heavy (non-hydrogen) atoms. The SMILES string of the molecule is Cc1ccc(CN(Cc2ccco2)C(=O)C2CCC2C(=O)O)s1. The second-order valence-electron chi connectivity index (χ2n) is 5.91. The number of furan rings is 1. The second-order valence-corrected chi connectivity index (χ2v) is 7.29. The van der Waals surface area contributed by atoms with Gasteiger partial charge in [-0.1, -0.05) is 0 Å². The molecule has 1 fully saturated rings. The Labute approximate surface area is 138 Å². The topological polar surface area (TPSA) is 70.8 Å². The van der Waals surface area contributed by atoms with Gasteiger partial charge in [0.2, 0.25) is 5.91 Å². The third kappa shape index (κ3) is 3.47. The van der Waals surface area contributed by atoms with E-state index >= 15 is 0 Å². The zero-order chi connectivity index (χ0) is 16.4. The quantitative estimate of drug-likeness (QED) is 0.880. The number of carbonyl (C=O) groups excluding carboxylic acids is 1. The van der Waals surface area contributed by atoms with Crippen molar-refractivity contribution < 1.29 is 19.1 Å². The Kier molecular flexibility index (Phi) is 4.52. The Balaban J connectivity index is 1.76. The number of amides is 1. The largest absolute Gasteiger partial charge is 0.481 e. The first-order chi connectivity index (χ1) is 11.0. The summed E-state index contributed by atoms with van der Waals surface area (Å²) >= 11 is 1.65. The van der Waals surface area contributed by atoms with Crippen molar-refractivity contribution in [3.8, 4) is 0 Å². The van der Waals surface area contributed by atoms with Gasteiger partial charge >= 0.3 is 5.97 Å². The molecule has 2 heterocycles. The van der Waals surface area contributed by atoms with Crippen molar-refractivity contribution in [1.29, 1.82) is 0 Å². The number of nitrogens with zero attached hydrogens (tertiary/aromatic N) is 1. The lowest BCUT2D eigenvalue weighted by Crippen LogP contribution is -2.45. The van der Waals surface area contributed by atoms with Gasteiger partial charge in [0, 0.05) is 9.75 Å². The maximum absolute atomic E-state index is 12.8. The van der Waals surface area contributed by atoms with Gasteiger partial charge in [0.05, 0.1) is 31.2 Å². The van der Waals surface area contributed by atoms with Crippen LogP contribution in [0.2, 0.25) is 0 Å². The van der Waals surface area contributed by atoms with E-state index in [1.807, 2.05) is 25.1 Å². The molecule has 3 rings (SSSR count). The molecular weight excluding hydrogens is 314 g/mol. The molecule has 0 aliphatic heterocycles. The fraction of sp³-hybridized carbons (Fsp3) is 0.412. The molecule has 2 aromatic heterocycles. The van der Waals surface area contributed by atoms with Gasteiger partial charge in [-0.2, -0.15) is 0 Å². The van der Waals surface area contributed by atoms with E-state index < -0.39 is 17.8 Å². The number of rotatable bonds is 6. The summed E-state index contributed by atoms with van der Waals surface area (Å²) in [6.07, 6.45) is 2.81. The van der Waals surface area contributed by atoms with Crippen molar-refractivity contribution in [3.05, 3.63) is 46.0 Å². The average Bonchev–Trinajstić information content (AvgIpc) is 3.08. The number of hydrogen-bond donors (Lipinski definition) is 1. The highest BCUT2D eigenvalue weighted by Crippen LogP contribution is 2.36. The zero-order valence-electron chi connectivity index (χ0n) is 12.9. The van der Waals surface area contributed by atoms with Crippen LogP contribution in [0, 0.1) is 18.8 Å². The normalized spacial score (nSPS) is 20.0. The van der Waals surface area contributed by atoms with Crippen molar-refractivity contribution in [2.24, 2.45) is 11.8 Å². The van der Waals surface area contributed by atoms with Gasteiger partial charge in [-0.15, -0.1) is 11.3 Å². The molecule has 1 N–H and O–H groups in total. The van der Waals surface area contributed by atoms with Crippen LogP contribution in [0.3, 0.4) is 0 Å². The standard InChI is InChI=1S/C17H19NO4S/c1-11-4-5-13(23-11)10-18(9-12-3-2-8-22-12)16(19)14-6-7-15(14)17(20)21/h2-5,8,14-15H,6-7,9-10H2,1H3,(H,20,21). The monoisotopic (exact) mass is 333 g/mol. The van der Waals surface area contributed by atoms with Gasteiger partial charge in [0.25, 0.3) is 0 Å². The van der Waals surface area contributed by atoms with Gasteiger partial charge < -0.3 is 14.4 Å². The zero-order valence-corrected chi connectivity index (χ0v) is 13.7. The van der Waals surface area contributed by atoms with Crippen LogP contribution in [-0.4, -0.2) is 21.9 Å². The first-order valence-electron chi connectivity index (χ1n) is 7.64. The molecule has 0 aromatic carbocycles. The predicted molar refractivity (Wildman–Crippen MR) is 85.9 cm³/mol. The minimum absolute atomic E-state index is 0.0916. The molecule has 2 atom stereocenters. The molecule has 1 amide bonds. The third-order valence-electron chi connectivity index (χ3n) is 4.29. The molecule has 5 nitrogen and oxygen atoms in total. The molecule has 0 spiro atoms. The Hall–Kier alpha value is -2.08. The highest BCUT2D eigenvalue weighted by molar-refractivity contribution is 7.11. The van der Waals surface area contributed by atoms with Crippen LogP contribution < -0.4 is 0 Å². The van der Waals surface area contributed by atoms with Crippen LogP contribution in [0.5, 0.6) is 0 Å². The van der Waals surface area contributed by atoms with Crippen LogP contribution in [0.25, 0.3) is 0 Å². The fourth-order valence-corrected chi connectivity index (χ4v) is 3.79. The molecular formula is C17H19NO4S. The molecule has 122 valence electrons. The third-order valence-corrected chi connectivity index (χ3v) is 5.28. The maximum Gasteiger partial charge on any atom is 0.307 e. The molecule has 0 saturated heterocycles. The summed E-state index contributed by atoms with van der Waals surface area (Å²) in [6.45, 7) is 2.88. The fourth-order valence-electron chi connectivity index (χ4n) is 2.89. The van der Waals surface area contributed by atoms with E-state index in [4.69, 9.17) is 4.42 Å². The number of carboxylic acid groups (broad SMARTS) is 1. The predicted octanol–water partition coefficient (Wildman–Crippen LogP) is 3.29. The molecule has 2 unspecified atom stereocenters.